The molecule has 0 radical (unpaired) electrons. The van der Waals surface area contributed by atoms with Crippen LogP contribution in [0.4, 0.5) is 0 Å². The summed E-state index contributed by atoms with van der Waals surface area (Å²) in [6.07, 6.45) is 6.93. The van der Waals surface area contributed by atoms with Crippen LogP contribution in [0.5, 0.6) is 0 Å². The lowest BCUT2D eigenvalue weighted by Crippen LogP contribution is -2.09. The van der Waals surface area contributed by atoms with Crippen LogP contribution in [0.15, 0.2) is 24.3 Å². The largest absolute Gasteiger partial charge is 0.481 e. The van der Waals surface area contributed by atoms with E-state index in [2.05, 4.69) is 12.1 Å². The molecule has 0 amide bonds. The third-order valence-corrected chi connectivity index (χ3v) is 4.72. The second-order valence-electron chi connectivity index (χ2n) is 6.11. The van der Waals surface area contributed by atoms with Crippen molar-refractivity contribution in [3.63, 3.8) is 0 Å². The predicted molar refractivity (Wildman–Crippen MR) is 75.8 cm³/mol. The molecule has 3 nitrogen and oxygen atoms in total. The number of benzene rings is 1. The Kier molecular flexibility index (Phi) is 3.60. The van der Waals surface area contributed by atoms with E-state index in [4.69, 9.17) is 5.11 Å². The van der Waals surface area contributed by atoms with Crippen molar-refractivity contribution in [2.75, 3.05) is 0 Å². The highest BCUT2D eigenvalue weighted by molar-refractivity contribution is 6.02. The highest BCUT2D eigenvalue weighted by Gasteiger charge is 2.48. The first-order valence-corrected chi connectivity index (χ1v) is 7.54. The molecular weight excluding hydrogens is 252 g/mol. The molecule has 0 spiro atoms. The summed E-state index contributed by atoms with van der Waals surface area (Å²) < 4.78 is 0. The molecule has 2 aliphatic rings. The number of carboxylic acid groups (broad SMARTS) is 1. The van der Waals surface area contributed by atoms with Crippen molar-refractivity contribution in [2.24, 2.45) is 11.8 Å². The van der Waals surface area contributed by atoms with Gasteiger partial charge in [-0.3, -0.25) is 9.59 Å². The number of hydrogen-bond acceptors (Lipinski definition) is 2. The van der Waals surface area contributed by atoms with Gasteiger partial charge in [0.15, 0.2) is 5.78 Å². The minimum Gasteiger partial charge on any atom is -0.481 e. The van der Waals surface area contributed by atoms with Crippen molar-refractivity contribution in [1.82, 2.24) is 0 Å². The number of ketones is 1. The number of carbonyl (C=O) groups excluding carboxylic acids is 1. The summed E-state index contributed by atoms with van der Waals surface area (Å²) in [6, 6.07) is 7.87. The maximum atomic E-state index is 12.1. The van der Waals surface area contributed by atoms with E-state index in [1.165, 1.54) is 37.7 Å². The maximum Gasteiger partial charge on any atom is 0.307 e. The predicted octanol–water partition coefficient (Wildman–Crippen LogP) is 3.64. The molecule has 0 aromatic heterocycles. The summed E-state index contributed by atoms with van der Waals surface area (Å²) in [5.41, 5.74) is 1.99. The summed E-state index contributed by atoms with van der Waals surface area (Å²) in [5.74, 6) is -0.969. The molecule has 2 aliphatic carbocycles. The van der Waals surface area contributed by atoms with Gasteiger partial charge in [-0.25, -0.2) is 0 Å². The second kappa shape index (κ2) is 5.39. The van der Waals surface area contributed by atoms with Gasteiger partial charge in [-0.05, 0) is 30.7 Å². The highest BCUT2D eigenvalue weighted by atomic mass is 16.4. The Labute approximate surface area is 119 Å². The van der Waals surface area contributed by atoms with Gasteiger partial charge in [0.1, 0.15) is 0 Å². The molecule has 2 atom stereocenters. The van der Waals surface area contributed by atoms with E-state index < -0.39 is 11.9 Å². The molecule has 3 heteroatoms. The van der Waals surface area contributed by atoms with Crippen molar-refractivity contribution in [2.45, 2.75) is 44.4 Å². The number of carboxylic acids is 1. The monoisotopic (exact) mass is 272 g/mol. The Morgan fingerprint density at radius 3 is 2.15 bits per heavy atom. The first-order valence-electron chi connectivity index (χ1n) is 7.54. The molecule has 20 heavy (non-hydrogen) atoms. The van der Waals surface area contributed by atoms with Gasteiger partial charge in [-0.15, -0.1) is 0 Å². The van der Waals surface area contributed by atoms with Gasteiger partial charge in [-0.2, -0.15) is 0 Å². The summed E-state index contributed by atoms with van der Waals surface area (Å²) in [6.45, 7) is 0. The van der Waals surface area contributed by atoms with Crippen molar-refractivity contribution in [3.8, 4) is 0 Å². The van der Waals surface area contributed by atoms with Crippen LogP contribution in [-0.2, 0) is 4.79 Å². The van der Waals surface area contributed by atoms with Crippen LogP contribution >= 0.6 is 0 Å². The molecule has 3 rings (SSSR count). The molecule has 2 fully saturated rings. The lowest BCUT2D eigenvalue weighted by Gasteiger charge is -2.22. The molecule has 0 unspecified atom stereocenters. The van der Waals surface area contributed by atoms with Crippen molar-refractivity contribution < 1.29 is 14.7 Å². The SMILES string of the molecule is O=C(c1ccc(C2CCCCC2)cc1)[C@H]1C[C@H]1C(=O)O. The van der Waals surface area contributed by atoms with Crippen LogP contribution in [0.25, 0.3) is 0 Å². The number of rotatable bonds is 4. The third-order valence-electron chi connectivity index (χ3n) is 4.72. The zero-order valence-corrected chi connectivity index (χ0v) is 11.5. The lowest BCUT2D eigenvalue weighted by atomic mass is 9.84. The summed E-state index contributed by atoms with van der Waals surface area (Å²) in [4.78, 5) is 23.0. The lowest BCUT2D eigenvalue weighted by molar-refractivity contribution is -0.138. The Balaban J connectivity index is 1.67. The minimum absolute atomic E-state index is 0.00686. The van der Waals surface area contributed by atoms with Gasteiger partial charge in [0.2, 0.25) is 0 Å². The van der Waals surface area contributed by atoms with E-state index in [9.17, 15) is 9.59 Å². The number of aliphatic carboxylic acids is 1. The molecule has 2 saturated carbocycles. The van der Waals surface area contributed by atoms with Gasteiger partial charge in [0.25, 0.3) is 0 Å². The molecule has 0 heterocycles. The third kappa shape index (κ3) is 2.62. The fourth-order valence-corrected chi connectivity index (χ4v) is 3.33. The van der Waals surface area contributed by atoms with Gasteiger partial charge in [0, 0.05) is 11.5 Å². The van der Waals surface area contributed by atoms with Crippen LogP contribution in [0.3, 0.4) is 0 Å². The van der Waals surface area contributed by atoms with Crippen LogP contribution in [0.2, 0.25) is 0 Å². The average molecular weight is 272 g/mol. The van der Waals surface area contributed by atoms with E-state index in [-0.39, 0.29) is 11.7 Å². The summed E-state index contributed by atoms with van der Waals surface area (Å²) in [5, 5.41) is 8.88. The fraction of sp³-hybridized carbons (Fsp3) is 0.529. The Bertz CT molecular complexity index is 512. The topological polar surface area (TPSA) is 54.4 Å². The molecule has 106 valence electrons. The first-order chi connectivity index (χ1) is 9.66. The van der Waals surface area contributed by atoms with E-state index in [1.54, 1.807) is 0 Å². The Morgan fingerprint density at radius 2 is 1.60 bits per heavy atom. The molecular formula is C17H20O3. The number of carbonyl (C=O) groups is 2. The standard InChI is InChI=1S/C17H20O3/c18-16(14-10-15(14)17(19)20)13-8-6-12(7-9-13)11-4-2-1-3-5-11/h6-9,11,14-15H,1-5,10H2,(H,19,20)/t14-,15+/m0/s1. The fourth-order valence-electron chi connectivity index (χ4n) is 3.33. The molecule has 0 bridgehead atoms. The van der Waals surface area contributed by atoms with Crippen molar-refractivity contribution >= 4 is 11.8 Å². The highest BCUT2D eigenvalue weighted by Crippen LogP contribution is 2.41. The smallest absolute Gasteiger partial charge is 0.307 e. The van der Waals surface area contributed by atoms with E-state index in [0.29, 0.717) is 17.9 Å². The quantitative estimate of drug-likeness (QED) is 0.851. The average Bonchev–Trinajstić information content (AvgIpc) is 3.28. The second-order valence-corrected chi connectivity index (χ2v) is 6.11. The van der Waals surface area contributed by atoms with E-state index >= 15 is 0 Å². The van der Waals surface area contributed by atoms with E-state index in [1.807, 2.05) is 12.1 Å². The van der Waals surface area contributed by atoms with Crippen molar-refractivity contribution in [3.05, 3.63) is 35.4 Å². The molecule has 1 aromatic carbocycles. The zero-order chi connectivity index (χ0) is 14.1. The summed E-state index contributed by atoms with van der Waals surface area (Å²) in [7, 11) is 0. The van der Waals surface area contributed by atoms with E-state index in [0.717, 1.165) is 0 Å². The van der Waals surface area contributed by atoms with Gasteiger partial charge < -0.3 is 5.11 Å². The van der Waals surface area contributed by atoms with Crippen LogP contribution in [0, 0.1) is 11.8 Å². The maximum absolute atomic E-state index is 12.1. The summed E-state index contributed by atoms with van der Waals surface area (Å²) >= 11 is 0. The normalized spacial score (nSPS) is 26.2. The van der Waals surface area contributed by atoms with Crippen LogP contribution in [-0.4, -0.2) is 16.9 Å². The number of hydrogen-bond donors (Lipinski definition) is 1. The van der Waals surface area contributed by atoms with Gasteiger partial charge in [0.05, 0.1) is 5.92 Å². The van der Waals surface area contributed by atoms with Gasteiger partial charge >= 0.3 is 5.97 Å². The van der Waals surface area contributed by atoms with Crippen LogP contribution in [0.1, 0.15) is 60.4 Å². The van der Waals surface area contributed by atoms with Crippen LogP contribution < -0.4 is 0 Å². The first kappa shape index (κ1) is 13.3. The number of Topliss-reactive ketones (excluding diaryl/α,β-unsaturated/α-hetero) is 1. The molecule has 1 N–H and O–H groups in total. The molecule has 0 aliphatic heterocycles. The zero-order valence-electron chi connectivity index (χ0n) is 11.5. The Hall–Kier alpha value is -1.64. The van der Waals surface area contributed by atoms with Crippen molar-refractivity contribution in [1.29, 1.82) is 0 Å². The minimum atomic E-state index is -0.845. The molecule has 0 saturated heterocycles. The Morgan fingerprint density at radius 1 is 0.950 bits per heavy atom. The van der Waals surface area contributed by atoms with Gasteiger partial charge in [-0.1, -0.05) is 43.5 Å². The molecule has 1 aromatic rings.